The molecule has 15 N–H and O–H groups in total. The van der Waals surface area contributed by atoms with Gasteiger partial charge >= 0.3 is 0 Å². The highest BCUT2D eigenvalue weighted by Crippen LogP contribution is 2.31. The summed E-state index contributed by atoms with van der Waals surface area (Å²) in [5, 5.41) is 65.3. The molecule has 0 aromatic carbocycles. The first kappa shape index (κ1) is 31.4. The van der Waals surface area contributed by atoms with Gasteiger partial charge < -0.3 is 77.8 Å². The van der Waals surface area contributed by atoms with E-state index in [-0.39, 0.29) is 31.8 Å². The van der Waals surface area contributed by atoms with E-state index in [9.17, 15) is 35.4 Å². The average molecular weight is 554 g/mol. The second kappa shape index (κ2) is 13.5. The lowest BCUT2D eigenvalue weighted by Gasteiger charge is -2.48. The first-order valence-corrected chi connectivity index (χ1v) is 12.8. The van der Waals surface area contributed by atoms with Gasteiger partial charge in [-0.15, -0.1) is 0 Å². The fourth-order valence-corrected chi connectivity index (χ4v) is 4.95. The topological polar surface area (TPSA) is 291 Å². The van der Waals surface area contributed by atoms with Crippen LogP contribution in [0, 0.1) is 0 Å². The summed E-state index contributed by atoms with van der Waals surface area (Å²) < 4.78 is 22.8. The molecule has 2 saturated heterocycles. The van der Waals surface area contributed by atoms with Crippen LogP contribution in [0.4, 0.5) is 0 Å². The van der Waals surface area contributed by atoms with Gasteiger partial charge in [-0.25, -0.2) is 0 Å². The van der Waals surface area contributed by atoms with E-state index in [1.165, 1.54) is 0 Å². The lowest BCUT2D eigenvalue weighted by molar-refractivity contribution is -0.330. The van der Waals surface area contributed by atoms with Crippen LogP contribution in [0.5, 0.6) is 0 Å². The largest absolute Gasteiger partial charge is 0.389 e. The van der Waals surface area contributed by atoms with Crippen molar-refractivity contribution >= 4 is 5.91 Å². The zero-order valence-corrected chi connectivity index (χ0v) is 21.2. The molecule has 38 heavy (non-hydrogen) atoms. The van der Waals surface area contributed by atoms with Gasteiger partial charge in [-0.1, -0.05) is 6.92 Å². The number of nitrogens with two attached hydrogens (primary N) is 4. The van der Waals surface area contributed by atoms with Crippen LogP contribution < -0.4 is 28.3 Å². The molecule has 2 aliphatic heterocycles. The van der Waals surface area contributed by atoms with Crippen LogP contribution in [0.25, 0.3) is 0 Å². The second-order valence-electron chi connectivity index (χ2n) is 10.2. The van der Waals surface area contributed by atoms with E-state index in [1.54, 1.807) is 0 Å². The van der Waals surface area contributed by atoms with Crippen molar-refractivity contribution in [3.8, 4) is 0 Å². The number of aliphatic hydroxyl groups is 6. The van der Waals surface area contributed by atoms with Gasteiger partial charge in [-0.05, 0) is 12.8 Å². The Bertz CT molecular complexity index is 769. The molecule has 0 bridgehead atoms. The minimum atomic E-state index is -1.67. The van der Waals surface area contributed by atoms with Crippen LogP contribution in [-0.2, 0) is 23.7 Å². The van der Waals surface area contributed by atoms with Gasteiger partial charge in [0.1, 0.15) is 54.9 Å². The van der Waals surface area contributed by atoms with Gasteiger partial charge in [0.25, 0.3) is 0 Å². The van der Waals surface area contributed by atoms with E-state index < -0.39 is 91.7 Å². The Kier molecular flexibility index (Phi) is 11.2. The van der Waals surface area contributed by atoms with Crippen LogP contribution in [0.2, 0.25) is 0 Å². The summed E-state index contributed by atoms with van der Waals surface area (Å²) in [5.74, 6) is -0.249. The molecule has 0 radical (unpaired) electrons. The molecule has 1 amide bonds. The van der Waals surface area contributed by atoms with Gasteiger partial charge in [-0.2, -0.15) is 0 Å². The minimum absolute atomic E-state index is 0.0781. The van der Waals surface area contributed by atoms with Crippen LogP contribution in [-0.4, -0.2) is 141 Å². The molecule has 1 saturated carbocycles. The van der Waals surface area contributed by atoms with E-state index in [0.29, 0.717) is 6.42 Å². The number of hydrogen-bond donors (Lipinski definition) is 11. The molecule has 3 rings (SSSR count). The standard InChI is InChI=1S/C22H43N5O11/c1-2-3-11(28)27-6-10-13(29)12(26)15(31)21(36-10)37-19-7(24)4-8(25)20(18(19)34)38-22-17(33)16(32)14(30)9(5-23)35-22/h7-10,12-22,29-34H,2-6,23-26H2,1H3,(H,27,28)/t7?,8-,9+,10?,12?,13+,14+,15?,16?,17?,18?,19-,20?,21+,22+/m0/s1. The van der Waals surface area contributed by atoms with Crippen molar-refractivity contribution in [2.75, 3.05) is 13.1 Å². The van der Waals surface area contributed by atoms with Crippen LogP contribution in [0.1, 0.15) is 26.2 Å². The third-order valence-electron chi connectivity index (χ3n) is 7.28. The summed E-state index contributed by atoms with van der Waals surface area (Å²) >= 11 is 0. The minimum Gasteiger partial charge on any atom is -0.389 e. The molecule has 1 aliphatic carbocycles. The lowest BCUT2D eigenvalue weighted by Crippen LogP contribution is -2.68. The van der Waals surface area contributed by atoms with E-state index in [4.69, 9.17) is 41.9 Å². The highest BCUT2D eigenvalue weighted by molar-refractivity contribution is 5.75. The Labute approximate surface area is 220 Å². The average Bonchev–Trinajstić information content (AvgIpc) is 2.88. The zero-order chi connectivity index (χ0) is 28.3. The van der Waals surface area contributed by atoms with Gasteiger partial charge in [0.15, 0.2) is 12.6 Å². The summed E-state index contributed by atoms with van der Waals surface area (Å²) in [6, 6.07) is -2.89. The first-order chi connectivity index (χ1) is 17.9. The van der Waals surface area contributed by atoms with Gasteiger partial charge in [0.2, 0.25) is 5.91 Å². The molecule has 15 atom stereocenters. The maximum Gasteiger partial charge on any atom is 0.220 e. The van der Waals surface area contributed by atoms with Crippen molar-refractivity contribution in [3.05, 3.63) is 0 Å². The number of carbonyl (C=O) groups is 1. The Morgan fingerprint density at radius 3 is 1.92 bits per heavy atom. The van der Waals surface area contributed by atoms with Crippen LogP contribution >= 0.6 is 0 Å². The maximum absolute atomic E-state index is 11.9. The Balaban J connectivity index is 1.70. The summed E-state index contributed by atoms with van der Waals surface area (Å²) in [7, 11) is 0. The van der Waals surface area contributed by atoms with E-state index in [1.807, 2.05) is 6.92 Å². The fraction of sp³-hybridized carbons (Fsp3) is 0.955. The molecule has 222 valence electrons. The van der Waals surface area contributed by atoms with Crippen molar-refractivity contribution < 1.29 is 54.4 Å². The highest BCUT2D eigenvalue weighted by atomic mass is 16.7. The van der Waals surface area contributed by atoms with Crippen molar-refractivity contribution in [1.29, 1.82) is 0 Å². The SMILES string of the molecule is CCCC(=O)NCC1O[C@H](O[C@H]2C(N)C[C@H](N)C(O[C@H]3O[C@H](CN)[C@@H](O)C(O)C3O)C2O)C(O)C(N)[C@@H]1O. The third kappa shape index (κ3) is 6.79. The van der Waals surface area contributed by atoms with E-state index >= 15 is 0 Å². The number of nitrogens with one attached hydrogen (secondary N) is 1. The molecule has 3 aliphatic rings. The maximum atomic E-state index is 11.9. The molecular formula is C22H43N5O11. The first-order valence-electron chi connectivity index (χ1n) is 12.8. The number of amides is 1. The van der Waals surface area contributed by atoms with Crippen LogP contribution in [0.15, 0.2) is 0 Å². The number of carbonyl (C=O) groups excluding carboxylic acids is 1. The predicted octanol–water partition coefficient (Wildman–Crippen LogP) is -6.37. The Hall–Kier alpha value is -1.09. The van der Waals surface area contributed by atoms with Crippen molar-refractivity contribution in [2.45, 2.75) is 118 Å². The molecule has 16 nitrogen and oxygen atoms in total. The van der Waals surface area contributed by atoms with E-state index in [0.717, 1.165) is 0 Å². The third-order valence-corrected chi connectivity index (χ3v) is 7.28. The summed E-state index contributed by atoms with van der Waals surface area (Å²) in [5.41, 5.74) is 23.9. The van der Waals surface area contributed by atoms with Gasteiger partial charge in [-0.3, -0.25) is 4.79 Å². The Morgan fingerprint density at radius 2 is 1.37 bits per heavy atom. The van der Waals surface area contributed by atoms with Crippen molar-refractivity contribution in [1.82, 2.24) is 5.32 Å². The van der Waals surface area contributed by atoms with E-state index in [2.05, 4.69) is 5.32 Å². The Morgan fingerprint density at radius 1 is 0.816 bits per heavy atom. The number of rotatable bonds is 9. The fourth-order valence-electron chi connectivity index (χ4n) is 4.95. The van der Waals surface area contributed by atoms with Crippen molar-refractivity contribution in [3.63, 3.8) is 0 Å². The molecule has 2 heterocycles. The second-order valence-corrected chi connectivity index (χ2v) is 10.2. The monoisotopic (exact) mass is 553 g/mol. The smallest absolute Gasteiger partial charge is 0.220 e. The number of hydrogen-bond acceptors (Lipinski definition) is 15. The van der Waals surface area contributed by atoms with Crippen LogP contribution in [0.3, 0.4) is 0 Å². The number of aliphatic hydroxyl groups excluding tert-OH is 6. The number of ether oxygens (including phenoxy) is 4. The summed E-state index contributed by atoms with van der Waals surface area (Å²) in [6.45, 7) is 1.57. The molecule has 8 unspecified atom stereocenters. The van der Waals surface area contributed by atoms with Gasteiger partial charge in [0, 0.05) is 31.6 Å². The van der Waals surface area contributed by atoms with Crippen molar-refractivity contribution in [2.24, 2.45) is 22.9 Å². The molecule has 3 fully saturated rings. The summed E-state index contributed by atoms with van der Waals surface area (Å²) in [4.78, 5) is 11.9. The normalized spacial score (nSPS) is 48.0. The molecule has 0 aromatic rings. The molecular weight excluding hydrogens is 510 g/mol. The quantitative estimate of drug-likeness (QED) is 0.126. The lowest BCUT2D eigenvalue weighted by atomic mass is 9.84. The van der Waals surface area contributed by atoms with Gasteiger partial charge in [0.05, 0.1) is 12.1 Å². The summed E-state index contributed by atoms with van der Waals surface area (Å²) in [6.07, 6.45) is -15.5. The highest BCUT2D eigenvalue weighted by Gasteiger charge is 2.51. The molecule has 0 aromatic heterocycles. The predicted molar refractivity (Wildman–Crippen MR) is 129 cm³/mol. The molecule has 0 spiro atoms. The zero-order valence-electron chi connectivity index (χ0n) is 21.2. The molecule has 16 heteroatoms.